The molecule has 216 valence electrons. The molecule has 0 radical (unpaired) electrons. The predicted octanol–water partition coefficient (Wildman–Crippen LogP) is 8.53. The van der Waals surface area contributed by atoms with Crippen LogP contribution in [0.2, 0.25) is 15.1 Å². The molecule has 1 aliphatic rings. The van der Waals surface area contributed by atoms with Gasteiger partial charge in [-0.1, -0.05) is 34.8 Å². The van der Waals surface area contributed by atoms with Crippen LogP contribution in [0.1, 0.15) is 42.1 Å². The Bertz CT molecular complexity index is 1490. The highest BCUT2D eigenvalue weighted by atomic mass is 35.5. The smallest absolute Gasteiger partial charge is 0.257 e. The Labute approximate surface area is 262 Å². The predicted molar refractivity (Wildman–Crippen MR) is 165 cm³/mol. The average molecular weight is 660 g/mol. The molecule has 6 nitrogen and oxygen atoms in total. The fraction of sp³-hybridized carbons (Fsp3) is 0.276. The van der Waals surface area contributed by atoms with E-state index in [-0.39, 0.29) is 22.9 Å². The normalized spacial score (nSPS) is 17.5. The number of carbonyl (C=O) groups is 3. The van der Waals surface area contributed by atoms with Gasteiger partial charge in [0, 0.05) is 40.1 Å². The van der Waals surface area contributed by atoms with Crippen molar-refractivity contribution < 1.29 is 18.8 Å². The monoisotopic (exact) mass is 657 g/mol. The van der Waals surface area contributed by atoms with E-state index in [2.05, 4.69) is 10.6 Å². The van der Waals surface area contributed by atoms with Crippen LogP contribution in [0.3, 0.4) is 0 Å². The summed E-state index contributed by atoms with van der Waals surface area (Å²) in [7, 11) is 1.55. The van der Waals surface area contributed by atoms with Gasteiger partial charge in [-0.25, -0.2) is 4.39 Å². The van der Waals surface area contributed by atoms with E-state index in [0.29, 0.717) is 32.7 Å². The fourth-order valence-electron chi connectivity index (χ4n) is 4.41. The molecule has 0 aliphatic heterocycles. The van der Waals surface area contributed by atoms with Gasteiger partial charge in [-0.2, -0.15) is 0 Å². The van der Waals surface area contributed by atoms with Crippen LogP contribution >= 0.6 is 58.0 Å². The summed E-state index contributed by atoms with van der Waals surface area (Å²) in [4.78, 5) is 39.8. The molecule has 4 rings (SSSR count). The molecule has 3 aromatic rings. The van der Waals surface area contributed by atoms with Gasteiger partial charge in [-0.15, -0.1) is 23.2 Å². The summed E-state index contributed by atoms with van der Waals surface area (Å²) in [6.07, 6.45) is -0.263. The lowest BCUT2D eigenvalue weighted by Gasteiger charge is -2.21. The van der Waals surface area contributed by atoms with Gasteiger partial charge in [-0.3, -0.25) is 14.4 Å². The Morgan fingerprint density at radius 1 is 0.902 bits per heavy atom. The lowest BCUT2D eigenvalue weighted by molar-refractivity contribution is -0.120. The Kier molecular flexibility index (Phi) is 9.17. The summed E-state index contributed by atoms with van der Waals surface area (Å²) in [6.45, 7) is 2.68. The van der Waals surface area contributed by atoms with Gasteiger partial charge in [0.25, 0.3) is 5.91 Å². The van der Waals surface area contributed by atoms with Crippen molar-refractivity contribution in [2.75, 3.05) is 22.6 Å². The highest BCUT2D eigenvalue weighted by molar-refractivity contribution is 6.53. The van der Waals surface area contributed by atoms with E-state index in [1.54, 1.807) is 55.6 Å². The molecule has 41 heavy (non-hydrogen) atoms. The van der Waals surface area contributed by atoms with E-state index in [9.17, 15) is 18.8 Å². The zero-order valence-corrected chi connectivity index (χ0v) is 25.9. The number of nitrogens with one attached hydrogen (secondary N) is 2. The van der Waals surface area contributed by atoms with Crippen LogP contribution in [0.25, 0.3) is 0 Å². The first-order valence-corrected chi connectivity index (χ1v) is 14.3. The first-order chi connectivity index (χ1) is 19.1. The maximum atomic E-state index is 13.9. The van der Waals surface area contributed by atoms with Crippen molar-refractivity contribution in [2.45, 2.75) is 36.2 Å². The van der Waals surface area contributed by atoms with E-state index in [0.717, 1.165) is 0 Å². The largest absolute Gasteiger partial charge is 0.326 e. The molecule has 2 unspecified atom stereocenters. The van der Waals surface area contributed by atoms with Gasteiger partial charge in [0.1, 0.15) is 10.0 Å². The summed E-state index contributed by atoms with van der Waals surface area (Å²) in [5.41, 5.74) is 0.405. The minimum absolute atomic E-state index is 0.114. The molecule has 2 atom stereocenters. The molecule has 2 N–H and O–H groups in total. The van der Waals surface area contributed by atoms with E-state index in [4.69, 9.17) is 58.0 Å². The summed E-state index contributed by atoms with van der Waals surface area (Å²) in [6, 6.07) is 15.8. The fourth-order valence-corrected chi connectivity index (χ4v) is 5.98. The first kappa shape index (κ1) is 31.4. The zero-order chi connectivity index (χ0) is 30.3. The molecule has 3 amide bonds. The van der Waals surface area contributed by atoms with Crippen LogP contribution in [-0.2, 0) is 9.59 Å². The molecule has 1 saturated carbocycles. The average Bonchev–Trinajstić information content (AvgIpc) is 3.45. The minimum Gasteiger partial charge on any atom is -0.326 e. The van der Waals surface area contributed by atoms with Crippen LogP contribution in [0, 0.1) is 5.92 Å². The second-order valence-corrected chi connectivity index (χ2v) is 13.1. The van der Waals surface area contributed by atoms with Crippen molar-refractivity contribution in [1.29, 1.82) is 0 Å². The highest BCUT2D eigenvalue weighted by Gasteiger charge is 2.67. The van der Waals surface area contributed by atoms with Gasteiger partial charge < -0.3 is 15.5 Å². The number of anilines is 3. The van der Waals surface area contributed by atoms with Crippen molar-refractivity contribution in [3.8, 4) is 0 Å². The van der Waals surface area contributed by atoms with E-state index in [1.807, 2.05) is 0 Å². The Morgan fingerprint density at radius 2 is 1.49 bits per heavy atom. The third-order valence-electron chi connectivity index (χ3n) is 6.52. The van der Waals surface area contributed by atoms with Crippen LogP contribution in [0.5, 0.6) is 0 Å². The Hall–Kier alpha value is -2.55. The zero-order valence-electron chi connectivity index (χ0n) is 22.1. The van der Waals surface area contributed by atoms with E-state index < -0.39 is 33.7 Å². The number of alkyl halides is 3. The number of benzene rings is 3. The molecule has 3 aromatic carbocycles. The van der Waals surface area contributed by atoms with Crippen molar-refractivity contribution in [3.05, 3.63) is 86.9 Å². The molecular weight excluding hydrogens is 635 g/mol. The molecule has 0 saturated heterocycles. The molecule has 1 aliphatic carbocycles. The molecule has 0 bridgehead atoms. The van der Waals surface area contributed by atoms with Crippen LogP contribution in [-0.4, -0.2) is 34.8 Å². The summed E-state index contributed by atoms with van der Waals surface area (Å²) >= 11 is 31.4. The summed E-state index contributed by atoms with van der Waals surface area (Å²) in [5.74, 6) is -2.67. The third-order valence-corrected chi connectivity index (χ3v) is 8.22. The SMILES string of the molecule is CN(C(=O)CC(C)(C)F)c1ccc(NC(=O)c2cc(NC(=O)C3C(c4cc(Cl)cc(Cl)c4)C3(Cl)Cl)ccc2Cl)cc1. The van der Waals surface area contributed by atoms with Gasteiger partial charge in [0.15, 0.2) is 0 Å². The topological polar surface area (TPSA) is 78.5 Å². The third kappa shape index (κ3) is 7.46. The lowest BCUT2D eigenvalue weighted by Crippen LogP contribution is -2.31. The van der Waals surface area contributed by atoms with Crippen molar-refractivity contribution in [2.24, 2.45) is 5.92 Å². The lowest BCUT2D eigenvalue weighted by atomic mass is 10.1. The standard InChI is InChI=1S/C29H25Cl5FN3O3/c1-28(2,35)14-23(39)38(3)20-7-4-18(5-8-20)36-26(40)21-13-19(6-9-22(21)32)37-27(41)25-24(29(25,33)34)15-10-16(30)12-17(31)11-15/h4-13,24-25H,14H2,1-3H3,(H,36,40)(H,37,41). The molecular formula is C29H25Cl5FN3O3. The summed E-state index contributed by atoms with van der Waals surface area (Å²) < 4.78 is 12.5. The summed E-state index contributed by atoms with van der Waals surface area (Å²) in [5, 5.41) is 6.43. The van der Waals surface area contributed by atoms with Crippen molar-refractivity contribution in [1.82, 2.24) is 0 Å². The van der Waals surface area contributed by atoms with Crippen molar-refractivity contribution in [3.63, 3.8) is 0 Å². The van der Waals surface area contributed by atoms with Gasteiger partial charge in [-0.05, 0) is 80.1 Å². The van der Waals surface area contributed by atoms with E-state index in [1.165, 1.54) is 30.9 Å². The van der Waals surface area contributed by atoms with Crippen molar-refractivity contribution >= 4 is 92.8 Å². The number of hydrogen-bond donors (Lipinski definition) is 2. The quantitative estimate of drug-likeness (QED) is 0.238. The maximum absolute atomic E-state index is 13.9. The highest BCUT2D eigenvalue weighted by Crippen LogP contribution is 2.65. The number of carbonyl (C=O) groups excluding carboxylic acids is 3. The molecule has 0 heterocycles. The molecule has 12 heteroatoms. The molecule has 0 spiro atoms. The van der Waals surface area contributed by atoms with Gasteiger partial charge in [0.2, 0.25) is 11.8 Å². The van der Waals surface area contributed by atoms with Crippen LogP contribution in [0.15, 0.2) is 60.7 Å². The molecule has 1 fully saturated rings. The van der Waals surface area contributed by atoms with Crippen LogP contribution in [0.4, 0.5) is 21.5 Å². The minimum atomic E-state index is -1.63. The van der Waals surface area contributed by atoms with Gasteiger partial charge in [0.05, 0.1) is 22.9 Å². The van der Waals surface area contributed by atoms with Gasteiger partial charge >= 0.3 is 0 Å². The maximum Gasteiger partial charge on any atom is 0.257 e. The Morgan fingerprint density at radius 3 is 2.07 bits per heavy atom. The second-order valence-electron chi connectivity index (χ2n) is 10.4. The Balaban J connectivity index is 1.43. The number of halogens is 6. The second kappa shape index (κ2) is 12.0. The number of rotatable bonds is 8. The molecule has 0 aromatic heterocycles. The van der Waals surface area contributed by atoms with Crippen LogP contribution < -0.4 is 15.5 Å². The number of hydrogen-bond acceptors (Lipinski definition) is 3. The van der Waals surface area contributed by atoms with E-state index >= 15 is 0 Å². The first-order valence-electron chi connectivity index (χ1n) is 12.4. The number of nitrogens with zero attached hydrogens (tertiary/aromatic N) is 1. The number of amides is 3.